The fraction of sp³-hybridized carbons (Fsp3) is 0.636. The van der Waals surface area contributed by atoms with E-state index in [0.29, 0.717) is 11.7 Å². The van der Waals surface area contributed by atoms with Crippen LogP contribution in [0.15, 0.2) is 12.3 Å². The zero-order chi connectivity index (χ0) is 11.5. The Morgan fingerprint density at radius 3 is 2.69 bits per heavy atom. The Balaban J connectivity index is 1.91. The van der Waals surface area contributed by atoms with E-state index >= 15 is 0 Å². The van der Waals surface area contributed by atoms with E-state index in [1.54, 1.807) is 24.0 Å². The number of amides is 1. The average molecular weight is 222 g/mol. The summed E-state index contributed by atoms with van der Waals surface area (Å²) in [4.78, 5) is 14.2. The number of carbonyl (C=O) groups is 1. The third kappa shape index (κ3) is 2.41. The van der Waals surface area contributed by atoms with Gasteiger partial charge in [-0.3, -0.25) is 9.48 Å². The van der Waals surface area contributed by atoms with Gasteiger partial charge in [-0.25, -0.2) is 0 Å². The summed E-state index contributed by atoms with van der Waals surface area (Å²) in [7, 11) is 3.89. The maximum Gasteiger partial charge on any atom is 0.269 e. The fourth-order valence-electron chi connectivity index (χ4n) is 2.01. The van der Waals surface area contributed by atoms with E-state index in [2.05, 4.69) is 22.4 Å². The van der Waals surface area contributed by atoms with Gasteiger partial charge in [0.1, 0.15) is 5.69 Å². The molecule has 0 saturated carbocycles. The monoisotopic (exact) mass is 222 g/mol. The lowest BCUT2D eigenvalue weighted by Gasteiger charge is -2.29. The molecule has 1 aliphatic rings. The van der Waals surface area contributed by atoms with E-state index in [0.717, 1.165) is 25.9 Å². The van der Waals surface area contributed by atoms with Crippen molar-refractivity contribution in [2.75, 3.05) is 20.1 Å². The summed E-state index contributed by atoms with van der Waals surface area (Å²) >= 11 is 0. The molecular weight excluding hydrogens is 204 g/mol. The van der Waals surface area contributed by atoms with Gasteiger partial charge in [0.15, 0.2) is 0 Å². The highest BCUT2D eigenvalue weighted by Gasteiger charge is 2.20. The molecule has 0 aromatic carbocycles. The normalized spacial score (nSPS) is 18.6. The number of aromatic nitrogens is 2. The molecule has 1 aliphatic heterocycles. The highest BCUT2D eigenvalue weighted by molar-refractivity contribution is 5.92. The van der Waals surface area contributed by atoms with Crippen LogP contribution in [-0.4, -0.2) is 46.8 Å². The van der Waals surface area contributed by atoms with Gasteiger partial charge in [0, 0.05) is 19.3 Å². The van der Waals surface area contributed by atoms with Crippen molar-refractivity contribution in [1.82, 2.24) is 20.0 Å². The predicted molar refractivity (Wildman–Crippen MR) is 61.2 cm³/mol. The Hall–Kier alpha value is -1.36. The van der Waals surface area contributed by atoms with Crippen molar-refractivity contribution < 1.29 is 4.79 Å². The highest BCUT2D eigenvalue weighted by atomic mass is 16.2. The molecule has 1 fully saturated rings. The minimum atomic E-state index is -0.0189. The van der Waals surface area contributed by atoms with Crippen LogP contribution < -0.4 is 5.32 Å². The first-order valence-electron chi connectivity index (χ1n) is 5.64. The average Bonchev–Trinajstić information content (AvgIpc) is 2.68. The van der Waals surface area contributed by atoms with Gasteiger partial charge in [-0.2, -0.15) is 5.10 Å². The molecule has 1 aromatic rings. The number of aryl methyl sites for hydroxylation is 1. The molecule has 2 heterocycles. The number of nitrogens with one attached hydrogen (secondary N) is 1. The molecule has 5 heteroatoms. The zero-order valence-corrected chi connectivity index (χ0v) is 9.81. The van der Waals surface area contributed by atoms with Crippen molar-refractivity contribution in [3.8, 4) is 0 Å². The SMILES string of the molecule is CN1CCC(NC(=O)c2ccnn2C)CC1. The second-order valence-electron chi connectivity index (χ2n) is 4.39. The first-order chi connectivity index (χ1) is 7.66. The molecule has 88 valence electrons. The van der Waals surface area contributed by atoms with E-state index in [1.165, 1.54) is 0 Å². The molecule has 5 nitrogen and oxygen atoms in total. The topological polar surface area (TPSA) is 50.2 Å². The molecule has 0 radical (unpaired) electrons. The molecule has 1 N–H and O–H groups in total. The summed E-state index contributed by atoms with van der Waals surface area (Å²) in [6, 6.07) is 2.04. The zero-order valence-electron chi connectivity index (χ0n) is 9.81. The summed E-state index contributed by atoms with van der Waals surface area (Å²) in [6.45, 7) is 2.10. The number of hydrogen-bond acceptors (Lipinski definition) is 3. The van der Waals surface area contributed by atoms with Crippen LogP contribution in [0, 0.1) is 0 Å². The Morgan fingerprint density at radius 1 is 1.44 bits per heavy atom. The highest BCUT2D eigenvalue weighted by Crippen LogP contribution is 2.09. The van der Waals surface area contributed by atoms with Crippen LogP contribution in [0.2, 0.25) is 0 Å². The summed E-state index contributed by atoms with van der Waals surface area (Å²) in [5, 5.41) is 7.05. The van der Waals surface area contributed by atoms with Crippen LogP contribution in [0.25, 0.3) is 0 Å². The molecule has 0 atom stereocenters. The van der Waals surface area contributed by atoms with Gasteiger partial charge in [-0.1, -0.05) is 0 Å². The van der Waals surface area contributed by atoms with Crippen LogP contribution >= 0.6 is 0 Å². The van der Waals surface area contributed by atoms with Gasteiger partial charge < -0.3 is 10.2 Å². The predicted octanol–water partition coefficient (Wildman–Crippen LogP) is 0.244. The van der Waals surface area contributed by atoms with Crippen LogP contribution in [0.5, 0.6) is 0 Å². The van der Waals surface area contributed by atoms with Crippen molar-refractivity contribution in [3.05, 3.63) is 18.0 Å². The minimum absolute atomic E-state index is 0.0189. The van der Waals surface area contributed by atoms with E-state index in [9.17, 15) is 4.79 Å². The summed E-state index contributed by atoms with van der Waals surface area (Å²) < 4.78 is 1.60. The number of rotatable bonds is 2. The van der Waals surface area contributed by atoms with Crippen molar-refractivity contribution in [2.45, 2.75) is 18.9 Å². The van der Waals surface area contributed by atoms with Gasteiger partial charge in [0.2, 0.25) is 0 Å². The van der Waals surface area contributed by atoms with E-state index in [1.807, 2.05) is 0 Å². The van der Waals surface area contributed by atoms with Gasteiger partial charge in [0.25, 0.3) is 5.91 Å². The second-order valence-corrected chi connectivity index (χ2v) is 4.39. The Morgan fingerprint density at radius 2 is 2.12 bits per heavy atom. The molecule has 0 spiro atoms. The van der Waals surface area contributed by atoms with E-state index < -0.39 is 0 Å². The van der Waals surface area contributed by atoms with Crippen molar-refractivity contribution in [1.29, 1.82) is 0 Å². The van der Waals surface area contributed by atoms with Crippen molar-refractivity contribution in [3.63, 3.8) is 0 Å². The molecule has 0 bridgehead atoms. The maximum absolute atomic E-state index is 11.9. The number of hydrogen-bond donors (Lipinski definition) is 1. The van der Waals surface area contributed by atoms with E-state index in [-0.39, 0.29) is 5.91 Å². The van der Waals surface area contributed by atoms with Gasteiger partial charge in [-0.15, -0.1) is 0 Å². The smallest absolute Gasteiger partial charge is 0.269 e. The van der Waals surface area contributed by atoms with Gasteiger partial charge in [-0.05, 0) is 39.0 Å². The molecule has 1 aromatic heterocycles. The quantitative estimate of drug-likeness (QED) is 0.780. The Bertz CT molecular complexity index is 366. The third-order valence-corrected chi connectivity index (χ3v) is 3.11. The second kappa shape index (κ2) is 4.65. The molecule has 0 aliphatic carbocycles. The van der Waals surface area contributed by atoms with Gasteiger partial charge in [0.05, 0.1) is 0 Å². The molecular formula is C11H18N4O. The number of nitrogens with zero attached hydrogens (tertiary/aromatic N) is 3. The molecule has 1 amide bonds. The molecule has 1 saturated heterocycles. The first-order valence-corrected chi connectivity index (χ1v) is 5.64. The molecule has 2 rings (SSSR count). The lowest BCUT2D eigenvalue weighted by Crippen LogP contribution is -2.43. The van der Waals surface area contributed by atoms with E-state index in [4.69, 9.17) is 0 Å². The van der Waals surface area contributed by atoms with Crippen molar-refractivity contribution in [2.24, 2.45) is 7.05 Å². The van der Waals surface area contributed by atoms with Gasteiger partial charge >= 0.3 is 0 Å². The third-order valence-electron chi connectivity index (χ3n) is 3.11. The Labute approximate surface area is 95.4 Å². The standard InChI is InChI=1S/C11H18N4O/c1-14-7-4-9(5-8-14)13-11(16)10-3-6-12-15(10)2/h3,6,9H,4-5,7-8H2,1-2H3,(H,13,16). The Kier molecular flexibility index (Phi) is 3.24. The van der Waals surface area contributed by atoms with Crippen LogP contribution in [0.3, 0.4) is 0 Å². The lowest BCUT2D eigenvalue weighted by atomic mass is 10.1. The number of piperidine rings is 1. The van der Waals surface area contributed by atoms with Crippen molar-refractivity contribution >= 4 is 5.91 Å². The number of carbonyl (C=O) groups excluding carboxylic acids is 1. The minimum Gasteiger partial charge on any atom is -0.348 e. The maximum atomic E-state index is 11.9. The number of likely N-dealkylation sites (tertiary alicyclic amines) is 1. The fourth-order valence-corrected chi connectivity index (χ4v) is 2.01. The van der Waals surface area contributed by atoms with Crippen LogP contribution in [-0.2, 0) is 7.05 Å². The summed E-state index contributed by atoms with van der Waals surface area (Å²) in [5.74, 6) is -0.0189. The molecule has 16 heavy (non-hydrogen) atoms. The summed E-state index contributed by atoms with van der Waals surface area (Å²) in [6.07, 6.45) is 3.70. The van der Waals surface area contributed by atoms with Crippen LogP contribution in [0.4, 0.5) is 0 Å². The summed E-state index contributed by atoms with van der Waals surface area (Å²) in [5.41, 5.74) is 0.624. The molecule has 0 unspecified atom stereocenters. The largest absolute Gasteiger partial charge is 0.348 e. The van der Waals surface area contributed by atoms with Crippen LogP contribution in [0.1, 0.15) is 23.3 Å². The lowest BCUT2D eigenvalue weighted by molar-refractivity contribution is 0.0907. The first kappa shape index (κ1) is 11.1.